The minimum absolute atomic E-state index is 0.176. The van der Waals surface area contributed by atoms with Crippen molar-refractivity contribution in [1.29, 1.82) is 0 Å². The summed E-state index contributed by atoms with van der Waals surface area (Å²) in [5, 5.41) is 16.4. The number of tetrazole rings is 1. The van der Waals surface area contributed by atoms with Gasteiger partial charge in [-0.1, -0.05) is 17.3 Å². The van der Waals surface area contributed by atoms with Crippen molar-refractivity contribution in [2.45, 2.75) is 31.3 Å². The number of hydrogen-bond donors (Lipinski definition) is 3. The normalized spacial score (nSPS) is 11.8. The molecule has 3 N–H and O–H groups in total. The van der Waals surface area contributed by atoms with E-state index in [2.05, 4.69) is 30.7 Å². The predicted octanol–water partition coefficient (Wildman–Crippen LogP) is 0.498. The molecule has 20 heavy (non-hydrogen) atoms. The number of sulfonamides is 1. The first-order valence-electron chi connectivity index (χ1n) is 6.06. The molecule has 0 bridgehead atoms. The maximum Gasteiger partial charge on any atom is 0.242 e. The monoisotopic (exact) mass is 296 g/mol. The summed E-state index contributed by atoms with van der Waals surface area (Å²) in [6.07, 6.45) is 0. The first-order valence-corrected chi connectivity index (χ1v) is 7.55. The van der Waals surface area contributed by atoms with E-state index in [1.54, 1.807) is 38.1 Å². The molecule has 0 aliphatic heterocycles. The Hall–Kier alpha value is -2.00. The summed E-state index contributed by atoms with van der Waals surface area (Å²) in [4.78, 5) is 0.192. The van der Waals surface area contributed by atoms with Gasteiger partial charge in [-0.05, 0) is 26.0 Å². The van der Waals surface area contributed by atoms with Crippen LogP contribution in [0, 0.1) is 0 Å². The Bertz CT molecular complexity index is 653. The second-order valence-electron chi connectivity index (χ2n) is 4.45. The minimum Gasteiger partial charge on any atom is -0.376 e. The van der Waals surface area contributed by atoms with E-state index in [1.807, 2.05) is 0 Å². The molecule has 9 heteroatoms. The Morgan fingerprint density at radius 3 is 2.70 bits per heavy atom. The number of nitrogens with one attached hydrogen (secondary N) is 3. The van der Waals surface area contributed by atoms with Crippen LogP contribution in [0.25, 0.3) is 0 Å². The zero-order valence-corrected chi connectivity index (χ0v) is 12.0. The standard InChI is InChI=1S/C11H16N6O2S/c1-8(2)15-20(18,19)10-6-4-3-5-9(10)12-7-11-13-16-17-14-11/h3-6,8,12,15H,7H2,1-2H3,(H,13,14,16,17). The number of nitrogens with zero attached hydrogens (tertiary/aromatic N) is 3. The summed E-state index contributed by atoms with van der Waals surface area (Å²) < 4.78 is 27.0. The van der Waals surface area contributed by atoms with Crippen molar-refractivity contribution in [1.82, 2.24) is 25.3 Å². The van der Waals surface area contributed by atoms with E-state index in [-0.39, 0.29) is 17.5 Å². The Morgan fingerprint density at radius 2 is 2.05 bits per heavy atom. The maximum absolute atomic E-state index is 12.2. The summed E-state index contributed by atoms with van der Waals surface area (Å²) in [6, 6.07) is 6.49. The van der Waals surface area contributed by atoms with E-state index in [4.69, 9.17) is 0 Å². The highest BCUT2D eigenvalue weighted by molar-refractivity contribution is 7.89. The van der Waals surface area contributed by atoms with Crippen molar-refractivity contribution in [3.8, 4) is 0 Å². The van der Waals surface area contributed by atoms with Crippen molar-refractivity contribution < 1.29 is 8.42 Å². The van der Waals surface area contributed by atoms with E-state index < -0.39 is 10.0 Å². The molecule has 0 unspecified atom stereocenters. The van der Waals surface area contributed by atoms with Gasteiger partial charge in [0.2, 0.25) is 10.0 Å². The van der Waals surface area contributed by atoms with Crippen LogP contribution in [0.4, 0.5) is 5.69 Å². The second kappa shape index (κ2) is 5.97. The highest BCUT2D eigenvalue weighted by Crippen LogP contribution is 2.21. The first-order chi connectivity index (χ1) is 9.49. The fraction of sp³-hybridized carbons (Fsp3) is 0.364. The van der Waals surface area contributed by atoms with Crippen LogP contribution in [-0.4, -0.2) is 35.1 Å². The lowest BCUT2D eigenvalue weighted by molar-refractivity contribution is 0.570. The maximum atomic E-state index is 12.2. The van der Waals surface area contributed by atoms with Crippen LogP contribution in [0.2, 0.25) is 0 Å². The molecule has 1 aromatic carbocycles. The Kier molecular flexibility index (Phi) is 4.30. The summed E-state index contributed by atoms with van der Waals surface area (Å²) >= 11 is 0. The molecule has 108 valence electrons. The molecule has 1 aromatic heterocycles. The lowest BCUT2D eigenvalue weighted by Gasteiger charge is -2.14. The Balaban J connectivity index is 2.22. The fourth-order valence-corrected chi connectivity index (χ4v) is 3.09. The molecule has 8 nitrogen and oxygen atoms in total. The molecule has 0 fully saturated rings. The van der Waals surface area contributed by atoms with Gasteiger partial charge in [-0.3, -0.25) is 0 Å². The molecule has 0 saturated heterocycles. The number of para-hydroxylation sites is 1. The number of H-pyrrole nitrogens is 1. The van der Waals surface area contributed by atoms with Gasteiger partial charge in [-0.25, -0.2) is 13.1 Å². The zero-order chi connectivity index (χ0) is 14.6. The fourth-order valence-electron chi connectivity index (χ4n) is 1.65. The summed E-state index contributed by atoms with van der Waals surface area (Å²) in [5.41, 5.74) is 0.491. The highest BCUT2D eigenvalue weighted by Gasteiger charge is 2.19. The predicted molar refractivity (Wildman–Crippen MR) is 73.4 cm³/mol. The molecular weight excluding hydrogens is 280 g/mol. The molecule has 0 atom stereocenters. The van der Waals surface area contributed by atoms with Crippen LogP contribution in [0.15, 0.2) is 29.2 Å². The smallest absolute Gasteiger partial charge is 0.242 e. The van der Waals surface area contributed by atoms with Gasteiger partial charge in [0.05, 0.1) is 12.2 Å². The molecule has 0 spiro atoms. The summed E-state index contributed by atoms with van der Waals surface area (Å²) in [6.45, 7) is 3.82. The van der Waals surface area contributed by atoms with Crippen LogP contribution >= 0.6 is 0 Å². The lowest BCUT2D eigenvalue weighted by atomic mass is 10.3. The van der Waals surface area contributed by atoms with Gasteiger partial charge in [-0.15, -0.1) is 10.2 Å². The quantitative estimate of drug-likeness (QED) is 0.715. The number of anilines is 1. The van der Waals surface area contributed by atoms with Gasteiger partial charge in [0, 0.05) is 6.04 Å². The summed E-state index contributed by atoms with van der Waals surface area (Å²) in [5.74, 6) is 0.453. The summed E-state index contributed by atoms with van der Waals surface area (Å²) in [7, 11) is -3.56. The van der Waals surface area contributed by atoms with Crippen molar-refractivity contribution >= 4 is 15.7 Å². The van der Waals surface area contributed by atoms with E-state index in [1.165, 1.54) is 0 Å². The number of benzene rings is 1. The van der Waals surface area contributed by atoms with Gasteiger partial charge in [0.25, 0.3) is 0 Å². The average Bonchev–Trinajstić information content (AvgIpc) is 2.88. The van der Waals surface area contributed by atoms with E-state index >= 15 is 0 Å². The van der Waals surface area contributed by atoms with Gasteiger partial charge in [-0.2, -0.15) is 5.21 Å². The number of rotatable bonds is 6. The number of aromatic amines is 1. The molecule has 0 amide bonds. The third kappa shape index (κ3) is 3.52. The molecule has 1 heterocycles. The molecule has 2 aromatic rings. The van der Waals surface area contributed by atoms with Crippen LogP contribution in [0.3, 0.4) is 0 Å². The average molecular weight is 296 g/mol. The van der Waals surface area contributed by atoms with Gasteiger partial charge >= 0.3 is 0 Å². The van der Waals surface area contributed by atoms with Gasteiger partial charge in [0.15, 0.2) is 5.82 Å². The Morgan fingerprint density at radius 1 is 1.30 bits per heavy atom. The van der Waals surface area contributed by atoms with E-state index in [0.29, 0.717) is 11.5 Å². The SMILES string of the molecule is CC(C)NS(=O)(=O)c1ccccc1NCc1nn[nH]n1. The number of aromatic nitrogens is 4. The Labute approximate surface area is 117 Å². The van der Waals surface area contributed by atoms with Crippen molar-refractivity contribution in [3.05, 3.63) is 30.1 Å². The van der Waals surface area contributed by atoms with Crippen LogP contribution in [-0.2, 0) is 16.6 Å². The third-order valence-corrected chi connectivity index (χ3v) is 4.11. The molecular formula is C11H16N6O2S. The molecule has 0 radical (unpaired) electrons. The van der Waals surface area contributed by atoms with Crippen molar-refractivity contribution in [2.75, 3.05) is 5.32 Å². The van der Waals surface area contributed by atoms with Crippen molar-refractivity contribution in [2.24, 2.45) is 0 Å². The van der Waals surface area contributed by atoms with E-state index in [9.17, 15) is 8.42 Å². The minimum atomic E-state index is -3.56. The van der Waals surface area contributed by atoms with Crippen LogP contribution in [0.1, 0.15) is 19.7 Å². The molecule has 0 aliphatic carbocycles. The molecule has 2 rings (SSSR count). The second-order valence-corrected chi connectivity index (χ2v) is 6.14. The molecule has 0 saturated carbocycles. The van der Waals surface area contributed by atoms with Gasteiger partial charge in [0.1, 0.15) is 4.90 Å². The topological polar surface area (TPSA) is 113 Å². The van der Waals surface area contributed by atoms with Gasteiger partial charge < -0.3 is 5.32 Å². The van der Waals surface area contributed by atoms with Crippen LogP contribution in [0.5, 0.6) is 0 Å². The lowest BCUT2D eigenvalue weighted by Crippen LogP contribution is -2.30. The van der Waals surface area contributed by atoms with Crippen LogP contribution < -0.4 is 10.0 Å². The van der Waals surface area contributed by atoms with Crippen molar-refractivity contribution in [3.63, 3.8) is 0 Å². The zero-order valence-electron chi connectivity index (χ0n) is 11.2. The molecule has 0 aliphatic rings. The number of hydrogen-bond acceptors (Lipinski definition) is 6. The highest BCUT2D eigenvalue weighted by atomic mass is 32.2. The first kappa shape index (κ1) is 14.4. The largest absolute Gasteiger partial charge is 0.376 e. The van der Waals surface area contributed by atoms with E-state index in [0.717, 1.165) is 0 Å². The third-order valence-electron chi connectivity index (χ3n) is 2.39.